The van der Waals surface area contributed by atoms with E-state index in [1.807, 2.05) is 42.5 Å². The maximum absolute atomic E-state index is 13.0. The van der Waals surface area contributed by atoms with Gasteiger partial charge in [0.05, 0.1) is 32.0 Å². The van der Waals surface area contributed by atoms with Gasteiger partial charge in [-0.15, -0.1) is 0 Å². The average molecular weight is 502 g/mol. The standard InChI is InChI=1S/C29H28ClN3O3/c1-35-23-10-8-21(9-11-23)31-29-24-5-3-4-6-26(24)32-27-13-14-33(18-25(27)29)17-22(34)16-19-15-20(30)7-12-28(19)36-2/h3-12,15H,13-14,16-18H2,1-2H3,(H,31,32). The first kappa shape index (κ1) is 24.1. The van der Waals surface area contributed by atoms with Crippen molar-refractivity contribution in [1.82, 2.24) is 9.88 Å². The third-order valence-corrected chi connectivity index (χ3v) is 6.75. The molecule has 0 bridgehead atoms. The first-order valence-corrected chi connectivity index (χ1v) is 12.3. The Balaban J connectivity index is 1.40. The molecule has 2 heterocycles. The van der Waals surface area contributed by atoms with Gasteiger partial charge in [0.2, 0.25) is 0 Å². The second-order valence-electron chi connectivity index (χ2n) is 8.91. The molecule has 184 valence electrons. The van der Waals surface area contributed by atoms with Crippen LogP contribution in [0, 0.1) is 0 Å². The van der Waals surface area contributed by atoms with Crippen molar-refractivity contribution in [3.8, 4) is 11.5 Å². The molecule has 0 aliphatic carbocycles. The van der Waals surface area contributed by atoms with Crippen LogP contribution in [0.1, 0.15) is 16.8 Å². The summed E-state index contributed by atoms with van der Waals surface area (Å²) in [6, 6.07) is 21.4. The maximum Gasteiger partial charge on any atom is 0.151 e. The number of carbonyl (C=O) groups excluding carboxylic acids is 1. The number of benzene rings is 3. The van der Waals surface area contributed by atoms with E-state index < -0.39 is 0 Å². The van der Waals surface area contributed by atoms with Crippen LogP contribution in [0.5, 0.6) is 11.5 Å². The normalized spacial score (nSPS) is 13.3. The van der Waals surface area contributed by atoms with Gasteiger partial charge >= 0.3 is 0 Å². The van der Waals surface area contributed by atoms with Crippen LogP contribution < -0.4 is 14.8 Å². The Morgan fingerprint density at radius 3 is 2.64 bits per heavy atom. The quantitative estimate of drug-likeness (QED) is 0.328. The first-order chi connectivity index (χ1) is 17.5. The molecule has 0 amide bonds. The monoisotopic (exact) mass is 501 g/mol. The van der Waals surface area contributed by atoms with Gasteiger partial charge < -0.3 is 14.8 Å². The van der Waals surface area contributed by atoms with Gasteiger partial charge in [-0.1, -0.05) is 29.8 Å². The van der Waals surface area contributed by atoms with Gasteiger partial charge in [0.1, 0.15) is 11.5 Å². The van der Waals surface area contributed by atoms with Crippen LogP contribution >= 0.6 is 11.6 Å². The van der Waals surface area contributed by atoms with E-state index in [-0.39, 0.29) is 12.2 Å². The minimum atomic E-state index is 0.123. The average Bonchev–Trinajstić information content (AvgIpc) is 2.89. The summed E-state index contributed by atoms with van der Waals surface area (Å²) in [7, 11) is 3.26. The number of nitrogens with zero attached hydrogens (tertiary/aromatic N) is 2. The zero-order valence-corrected chi connectivity index (χ0v) is 21.1. The number of rotatable bonds is 8. The number of halogens is 1. The van der Waals surface area contributed by atoms with E-state index in [0.717, 1.165) is 57.8 Å². The molecule has 1 aliphatic heterocycles. The molecule has 0 saturated carbocycles. The van der Waals surface area contributed by atoms with Crippen molar-refractivity contribution in [2.75, 3.05) is 32.6 Å². The van der Waals surface area contributed by atoms with E-state index in [2.05, 4.69) is 16.3 Å². The van der Waals surface area contributed by atoms with Gasteiger partial charge in [0, 0.05) is 58.8 Å². The number of anilines is 2. The number of ketones is 1. The lowest BCUT2D eigenvalue weighted by Gasteiger charge is -2.30. The number of Topliss-reactive ketones (excluding diaryl/α,β-unsaturated/α-hetero) is 1. The first-order valence-electron chi connectivity index (χ1n) is 11.9. The number of carbonyl (C=O) groups is 1. The number of hydrogen-bond donors (Lipinski definition) is 1. The summed E-state index contributed by atoms with van der Waals surface area (Å²) in [5, 5.41) is 5.28. The fourth-order valence-electron chi connectivity index (χ4n) is 4.75. The highest BCUT2D eigenvalue weighted by atomic mass is 35.5. The van der Waals surface area contributed by atoms with Gasteiger partial charge in [-0.05, 0) is 48.5 Å². The molecule has 1 aromatic heterocycles. The summed E-state index contributed by atoms with van der Waals surface area (Å²) in [4.78, 5) is 20.2. The highest BCUT2D eigenvalue weighted by molar-refractivity contribution is 6.30. The SMILES string of the molecule is COc1ccc(Nc2c3c(nc4ccccc24)CCN(CC(=O)Cc2cc(Cl)ccc2OC)C3)cc1. The Kier molecular flexibility index (Phi) is 7.07. The minimum absolute atomic E-state index is 0.123. The van der Waals surface area contributed by atoms with E-state index in [9.17, 15) is 4.79 Å². The third kappa shape index (κ3) is 5.15. The number of nitrogens with one attached hydrogen (secondary N) is 1. The van der Waals surface area contributed by atoms with Crippen LogP contribution in [-0.4, -0.2) is 43.0 Å². The molecule has 3 aromatic carbocycles. The van der Waals surface area contributed by atoms with E-state index in [1.165, 1.54) is 0 Å². The van der Waals surface area contributed by atoms with Crippen molar-refractivity contribution in [2.24, 2.45) is 0 Å². The summed E-state index contributed by atoms with van der Waals surface area (Å²) in [6.45, 7) is 1.77. The molecule has 0 atom stereocenters. The summed E-state index contributed by atoms with van der Waals surface area (Å²) < 4.78 is 10.7. The highest BCUT2D eigenvalue weighted by Crippen LogP contribution is 2.35. The Labute approximate surface area is 215 Å². The van der Waals surface area contributed by atoms with Crippen molar-refractivity contribution in [3.05, 3.63) is 88.6 Å². The summed E-state index contributed by atoms with van der Waals surface area (Å²) in [5.74, 6) is 1.61. The zero-order chi connectivity index (χ0) is 25.1. The molecule has 0 fully saturated rings. The summed E-state index contributed by atoms with van der Waals surface area (Å²) in [6.07, 6.45) is 1.06. The van der Waals surface area contributed by atoms with E-state index >= 15 is 0 Å². The lowest BCUT2D eigenvalue weighted by Crippen LogP contribution is -2.36. The van der Waals surface area contributed by atoms with E-state index in [1.54, 1.807) is 32.4 Å². The third-order valence-electron chi connectivity index (χ3n) is 6.51. The second kappa shape index (κ2) is 10.6. The maximum atomic E-state index is 13.0. The molecule has 4 aromatic rings. The molecule has 1 aliphatic rings. The molecule has 0 saturated heterocycles. The number of methoxy groups -OCH3 is 2. The Morgan fingerprint density at radius 1 is 1.06 bits per heavy atom. The molecular weight excluding hydrogens is 474 g/mol. The van der Waals surface area contributed by atoms with Crippen LogP contribution in [-0.2, 0) is 24.2 Å². The molecule has 5 rings (SSSR count). The number of ether oxygens (including phenoxy) is 2. The van der Waals surface area contributed by atoms with E-state index in [0.29, 0.717) is 23.9 Å². The van der Waals surface area contributed by atoms with Crippen LogP contribution in [0.3, 0.4) is 0 Å². The van der Waals surface area contributed by atoms with Crippen LogP contribution in [0.2, 0.25) is 5.02 Å². The van der Waals surface area contributed by atoms with Crippen LogP contribution in [0.4, 0.5) is 11.4 Å². The summed E-state index contributed by atoms with van der Waals surface area (Å²) >= 11 is 6.16. The van der Waals surface area contributed by atoms with Crippen LogP contribution in [0.25, 0.3) is 10.9 Å². The van der Waals surface area contributed by atoms with Crippen molar-refractivity contribution in [2.45, 2.75) is 19.4 Å². The van der Waals surface area contributed by atoms with Crippen molar-refractivity contribution in [3.63, 3.8) is 0 Å². The van der Waals surface area contributed by atoms with E-state index in [4.69, 9.17) is 26.1 Å². The van der Waals surface area contributed by atoms with Crippen molar-refractivity contribution >= 4 is 39.7 Å². The Bertz CT molecular complexity index is 1410. The van der Waals surface area contributed by atoms with Gasteiger partial charge in [-0.3, -0.25) is 14.7 Å². The molecule has 6 nitrogen and oxygen atoms in total. The number of hydrogen-bond acceptors (Lipinski definition) is 6. The highest BCUT2D eigenvalue weighted by Gasteiger charge is 2.24. The molecule has 36 heavy (non-hydrogen) atoms. The molecule has 0 radical (unpaired) electrons. The zero-order valence-electron chi connectivity index (χ0n) is 20.4. The number of fused-ring (bicyclic) bond motifs is 2. The Hall–Kier alpha value is -3.61. The smallest absolute Gasteiger partial charge is 0.151 e. The largest absolute Gasteiger partial charge is 0.497 e. The van der Waals surface area contributed by atoms with Gasteiger partial charge in [0.15, 0.2) is 5.78 Å². The predicted octanol–water partition coefficient (Wildman–Crippen LogP) is 5.82. The van der Waals surface area contributed by atoms with Crippen molar-refractivity contribution in [1.29, 1.82) is 0 Å². The van der Waals surface area contributed by atoms with Crippen molar-refractivity contribution < 1.29 is 14.3 Å². The van der Waals surface area contributed by atoms with Gasteiger partial charge in [0.25, 0.3) is 0 Å². The number of para-hydroxylation sites is 1. The van der Waals surface area contributed by atoms with Gasteiger partial charge in [-0.25, -0.2) is 0 Å². The minimum Gasteiger partial charge on any atom is -0.497 e. The van der Waals surface area contributed by atoms with Gasteiger partial charge in [-0.2, -0.15) is 0 Å². The summed E-state index contributed by atoms with van der Waals surface area (Å²) in [5.41, 5.74) is 5.98. The fourth-order valence-corrected chi connectivity index (χ4v) is 4.94. The topological polar surface area (TPSA) is 63.7 Å². The molecule has 0 unspecified atom stereocenters. The predicted molar refractivity (Wildman–Crippen MR) is 144 cm³/mol. The molecule has 1 N–H and O–H groups in total. The number of aromatic nitrogens is 1. The fraction of sp³-hybridized carbons (Fsp3) is 0.241. The lowest BCUT2D eigenvalue weighted by molar-refractivity contribution is -0.119. The van der Waals surface area contributed by atoms with Crippen LogP contribution in [0.15, 0.2) is 66.7 Å². The molecule has 7 heteroatoms. The lowest BCUT2D eigenvalue weighted by atomic mass is 9.99. The Morgan fingerprint density at radius 2 is 1.86 bits per heavy atom. The second-order valence-corrected chi connectivity index (χ2v) is 9.35. The number of pyridine rings is 1. The molecular formula is C29H28ClN3O3. The molecule has 0 spiro atoms.